The number of nitrogens with zero attached hydrogens (tertiary/aromatic N) is 2. The van der Waals surface area contributed by atoms with E-state index in [1.165, 1.54) is 0 Å². The Morgan fingerprint density at radius 1 is 1.61 bits per heavy atom. The van der Waals surface area contributed by atoms with Crippen LogP contribution in [-0.2, 0) is 4.74 Å². The number of carbonyl (C=O) groups excluding carboxylic acids is 1. The number of rotatable bonds is 3. The molecule has 6 heteroatoms. The van der Waals surface area contributed by atoms with Crippen molar-refractivity contribution >= 4 is 23.3 Å². The van der Waals surface area contributed by atoms with Gasteiger partial charge in [0, 0.05) is 27.2 Å². The molecule has 1 atom stereocenters. The molecule has 1 amide bonds. The lowest BCUT2D eigenvalue weighted by Gasteiger charge is -2.16. The molecule has 1 aromatic heterocycles. The van der Waals surface area contributed by atoms with Crippen LogP contribution in [0.4, 0.5) is 5.82 Å². The second kappa shape index (κ2) is 5.54. The van der Waals surface area contributed by atoms with Gasteiger partial charge in [-0.15, -0.1) is 0 Å². The number of carbonyl (C=O) groups is 1. The van der Waals surface area contributed by atoms with Gasteiger partial charge in [0.05, 0.1) is 11.1 Å². The molecule has 0 radical (unpaired) electrons. The van der Waals surface area contributed by atoms with E-state index in [2.05, 4.69) is 10.3 Å². The van der Waals surface area contributed by atoms with Crippen molar-refractivity contribution in [1.82, 2.24) is 9.88 Å². The summed E-state index contributed by atoms with van der Waals surface area (Å²) in [5.74, 6) is 0.488. The number of anilines is 1. The molecule has 1 saturated heterocycles. The molecule has 0 saturated carbocycles. The van der Waals surface area contributed by atoms with Crippen LogP contribution in [0, 0.1) is 0 Å². The number of pyridine rings is 1. The van der Waals surface area contributed by atoms with Crippen LogP contribution in [-0.4, -0.2) is 49.1 Å². The fourth-order valence-corrected chi connectivity index (χ4v) is 2.17. The van der Waals surface area contributed by atoms with E-state index in [9.17, 15) is 4.79 Å². The van der Waals surface area contributed by atoms with E-state index in [0.29, 0.717) is 29.6 Å². The smallest absolute Gasteiger partial charge is 0.274 e. The highest BCUT2D eigenvalue weighted by atomic mass is 35.5. The van der Waals surface area contributed by atoms with Crippen molar-refractivity contribution in [2.45, 2.75) is 12.5 Å². The highest BCUT2D eigenvalue weighted by Crippen LogP contribution is 2.21. The average Bonchev–Trinajstić information content (AvgIpc) is 2.87. The van der Waals surface area contributed by atoms with Crippen molar-refractivity contribution in [3.05, 3.63) is 22.8 Å². The number of methoxy groups -OCH3 is 1. The number of hydrogen-bond donors (Lipinski definition) is 1. The van der Waals surface area contributed by atoms with E-state index >= 15 is 0 Å². The van der Waals surface area contributed by atoms with Crippen molar-refractivity contribution in [3.8, 4) is 0 Å². The molecule has 18 heavy (non-hydrogen) atoms. The van der Waals surface area contributed by atoms with Gasteiger partial charge >= 0.3 is 0 Å². The van der Waals surface area contributed by atoms with Gasteiger partial charge in [-0.1, -0.05) is 11.6 Å². The summed E-state index contributed by atoms with van der Waals surface area (Å²) in [5, 5.41) is 3.27. The first-order valence-corrected chi connectivity index (χ1v) is 6.20. The van der Waals surface area contributed by atoms with Gasteiger partial charge in [0.15, 0.2) is 0 Å². The van der Waals surface area contributed by atoms with Crippen LogP contribution in [0.2, 0.25) is 5.02 Å². The van der Waals surface area contributed by atoms with Crippen molar-refractivity contribution in [2.24, 2.45) is 0 Å². The van der Waals surface area contributed by atoms with Crippen LogP contribution in [0.25, 0.3) is 0 Å². The molecule has 2 rings (SSSR count). The van der Waals surface area contributed by atoms with Gasteiger partial charge in [-0.05, 0) is 18.6 Å². The number of ether oxygens (including phenoxy) is 1. The Bertz CT molecular complexity index is 453. The van der Waals surface area contributed by atoms with E-state index < -0.39 is 0 Å². The Balaban J connectivity index is 2.18. The molecule has 1 aromatic rings. The molecule has 1 aliphatic heterocycles. The molecular formula is C12H16ClN3O2. The third-order valence-electron chi connectivity index (χ3n) is 3.07. The van der Waals surface area contributed by atoms with Crippen LogP contribution in [0.5, 0.6) is 0 Å². The molecule has 1 aliphatic rings. The molecule has 98 valence electrons. The molecule has 1 N–H and O–H groups in total. The monoisotopic (exact) mass is 269 g/mol. The number of hydrogen-bond acceptors (Lipinski definition) is 4. The first kappa shape index (κ1) is 13.1. The van der Waals surface area contributed by atoms with Gasteiger partial charge < -0.3 is 15.0 Å². The first-order chi connectivity index (χ1) is 8.65. The van der Waals surface area contributed by atoms with Crippen molar-refractivity contribution in [3.63, 3.8) is 0 Å². The zero-order valence-electron chi connectivity index (χ0n) is 10.4. The summed E-state index contributed by atoms with van der Waals surface area (Å²) in [6, 6.07) is 3.42. The maximum absolute atomic E-state index is 12.3. The molecule has 0 spiro atoms. The maximum atomic E-state index is 12.3. The number of amides is 1. The quantitative estimate of drug-likeness (QED) is 0.906. The van der Waals surface area contributed by atoms with Crippen LogP contribution in [0.3, 0.4) is 0 Å². The predicted octanol–water partition coefficient (Wildman–Crippen LogP) is 1.64. The van der Waals surface area contributed by atoms with Gasteiger partial charge in [0.1, 0.15) is 11.5 Å². The van der Waals surface area contributed by atoms with Crippen LogP contribution in [0.15, 0.2) is 12.1 Å². The van der Waals surface area contributed by atoms with Crippen LogP contribution >= 0.6 is 11.6 Å². The summed E-state index contributed by atoms with van der Waals surface area (Å²) >= 11 is 6.03. The molecular weight excluding hydrogens is 254 g/mol. The van der Waals surface area contributed by atoms with Gasteiger partial charge in [-0.3, -0.25) is 4.79 Å². The van der Waals surface area contributed by atoms with E-state index in [4.69, 9.17) is 16.3 Å². The minimum absolute atomic E-state index is 0.111. The predicted molar refractivity (Wildman–Crippen MR) is 70.1 cm³/mol. The van der Waals surface area contributed by atoms with Crippen LogP contribution < -0.4 is 5.32 Å². The van der Waals surface area contributed by atoms with E-state index in [1.807, 2.05) is 0 Å². The molecule has 5 nitrogen and oxygen atoms in total. The summed E-state index contributed by atoms with van der Waals surface area (Å²) < 4.78 is 5.24. The molecule has 1 fully saturated rings. The molecule has 1 unspecified atom stereocenters. The van der Waals surface area contributed by atoms with Gasteiger partial charge in [-0.2, -0.15) is 0 Å². The Morgan fingerprint density at radius 3 is 3.00 bits per heavy atom. The Labute approximate surface area is 111 Å². The third-order valence-corrected chi connectivity index (χ3v) is 3.38. The first-order valence-electron chi connectivity index (χ1n) is 5.82. The zero-order chi connectivity index (χ0) is 13.1. The number of nitrogens with one attached hydrogen (secondary N) is 1. The molecule has 2 heterocycles. The molecule has 0 aliphatic carbocycles. The minimum atomic E-state index is -0.142. The topological polar surface area (TPSA) is 54.5 Å². The fourth-order valence-electron chi connectivity index (χ4n) is 1.99. The van der Waals surface area contributed by atoms with Crippen LogP contribution in [0.1, 0.15) is 16.9 Å². The Hall–Kier alpha value is -1.33. The minimum Gasteiger partial charge on any atom is -0.380 e. The van der Waals surface area contributed by atoms with Gasteiger partial charge in [-0.25, -0.2) is 4.98 Å². The van der Waals surface area contributed by atoms with E-state index in [1.54, 1.807) is 31.2 Å². The zero-order valence-corrected chi connectivity index (χ0v) is 11.2. The Kier molecular flexibility index (Phi) is 4.04. The molecule has 0 bridgehead atoms. The van der Waals surface area contributed by atoms with Gasteiger partial charge in [0.2, 0.25) is 0 Å². The second-order valence-corrected chi connectivity index (χ2v) is 4.58. The SMILES string of the molecule is CNc1ccc(Cl)c(C(=O)N2CCC(OC)C2)n1. The molecule has 0 aromatic carbocycles. The lowest BCUT2D eigenvalue weighted by atomic mass is 10.3. The summed E-state index contributed by atoms with van der Waals surface area (Å²) in [7, 11) is 3.41. The van der Waals surface area contributed by atoms with E-state index in [-0.39, 0.29) is 12.0 Å². The standard InChI is InChI=1S/C12H16ClN3O2/c1-14-10-4-3-9(13)11(15-10)12(17)16-6-5-8(7-16)18-2/h3-4,8H,5-7H2,1-2H3,(H,14,15). The van der Waals surface area contributed by atoms with Crippen molar-refractivity contribution in [1.29, 1.82) is 0 Å². The highest BCUT2D eigenvalue weighted by Gasteiger charge is 2.28. The number of aromatic nitrogens is 1. The summed E-state index contributed by atoms with van der Waals surface area (Å²) in [4.78, 5) is 18.2. The normalized spacial score (nSPS) is 19.1. The van der Waals surface area contributed by atoms with Crippen molar-refractivity contribution in [2.75, 3.05) is 32.6 Å². The lowest BCUT2D eigenvalue weighted by molar-refractivity contribution is 0.0719. The highest BCUT2D eigenvalue weighted by molar-refractivity contribution is 6.33. The largest absolute Gasteiger partial charge is 0.380 e. The number of halogens is 1. The van der Waals surface area contributed by atoms with Gasteiger partial charge in [0.25, 0.3) is 5.91 Å². The summed E-state index contributed by atoms with van der Waals surface area (Å²) in [6.07, 6.45) is 0.964. The van der Waals surface area contributed by atoms with E-state index in [0.717, 1.165) is 6.42 Å². The second-order valence-electron chi connectivity index (χ2n) is 4.17. The third kappa shape index (κ3) is 2.57. The van der Waals surface area contributed by atoms with Crippen molar-refractivity contribution < 1.29 is 9.53 Å². The average molecular weight is 270 g/mol. The lowest BCUT2D eigenvalue weighted by Crippen LogP contribution is -2.31. The summed E-state index contributed by atoms with van der Waals surface area (Å²) in [5.41, 5.74) is 0.292. The Morgan fingerprint density at radius 2 is 2.39 bits per heavy atom. The number of likely N-dealkylation sites (tertiary alicyclic amines) is 1. The maximum Gasteiger partial charge on any atom is 0.274 e. The fraction of sp³-hybridized carbons (Fsp3) is 0.500. The summed E-state index contributed by atoms with van der Waals surface area (Å²) in [6.45, 7) is 1.27.